The molecular formula is C20H19N3O3. The van der Waals surface area contributed by atoms with Crippen LogP contribution >= 0.6 is 0 Å². The van der Waals surface area contributed by atoms with Gasteiger partial charge in [-0.3, -0.25) is 9.89 Å². The van der Waals surface area contributed by atoms with Gasteiger partial charge >= 0.3 is 0 Å². The summed E-state index contributed by atoms with van der Waals surface area (Å²) in [5.41, 5.74) is 3.98. The molecule has 6 nitrogen and oxygen atoms in total. The van der Waals surface area contributed by atoms with Crippen LogP contribution in [0.5, 0.6) is 11.5 Å². The Kier molecular flexibility index (Phi) is 4.08. The summed E-state index contributed by atoms with van der Waals surface area (Å²) in [4.78, 5) is 12.4. The molecule has 1 aliphatic rings. The maximum absolute atomic E-state index is 12.4. The quantitative estimate of drug-likeness (QED) is 0.741. The number of fused-ring (bicyclic) bond motifs is 1. The monoisotopic (exact) mass is 349 g/mol. The molecule has 4 rings (SSSR count). The highest BCUT2D eigenvalue weighted by atomic mass is 16.5. The molecule has 1 amide bonds. The van der Waals surface area contributed by atoms with Crippen molar-refractivity contribution >= 4 is 5.91 Å². The third kappa shape index (κ3) is 2.69. The third-order valence-corrected chi connectivity index (χ3v) is 4.46. The van der Waals surface area contributed by atoms with E-state index in [1.165, 1.54) is 0 Å². The van der Waals surface area contributed by atoms with Gasteiger partial charge in [-0.15, -0.1) is 0 Å². The van der Waals surface area contributed by atoms with Gasteiger partial charge in [-0.1, -0.05) is 24.3 Å². The molecule has 0 spiro atoms. The van der Waals surface area contributed by atoms with Gasteiger partial charge in [0.25, 0.3) is 5.91 Å². The van der Waals surface area contributed by atoms with Crippen LogP contribution in [-0.4, -0.2) is 29.8 Å². The largest absolute Gasteiger partial charge is 0.497 e. The molecule has 3 aromatic rings. The number of carbonyl (C=O) groups is 1. The number of H-pyrrole nitrogens is 1. The lowest BCUT2D eigenvalue weighted by Crippen LogP contribution is -2.21. The van der Waals surface area contributed by atoms with Crippen molar-refractivity contribution in [3.05, 3.63) is 65.4 Å². The number of carbonyl (C=O) groups excluding carboxylic acids is 1. The number of nitrogens with one attached hydrogen (secondary N) is 2. The fraction of sp³-hybridized carbons (Fsp3) is 0.200. The summed E-state index contributed by atoms with van der Waals surface area (Å²) in [6, 6.07) is 15.2. The van der Waals surface area contributed by atoms with E-state index in [9.17, 15) is 4.79 Å². The zero-order valence-corrected chi connectivity index (χ0v) is 14.6. The van der Waals surface area contributed by atoms with Crippen LogP contribution in [0.15, 0.2) is 48.5 Å². The molecule has 26 heavy (non-hydrogen) atoms. The molecule has 0 unspecified atom stereocenters. The zero-order chi connectivity index (χ0) is 18.1. The van der Waals surface area contributed by atoms with Crippen LogP contribution in [0.4, 0.5) is 0 Å². The number of ether oxygens (including phenoxy) is 2. The average Bonchev–Trinajstić information content (AvgIpc) is 3.24. The Morgan fingerprint density at radius 1 is 1.12 bits per heavy atom. The fourth-order valence-corrected chi connectivity index (χ4v) is 3.24. The first-order valence-corrected chi connectivity index (χ1v) is 8.47. The molecule has 0 aliphatic carbocycles. The predicted molar refractivity (Wildman–Crippen MR) is 97.5 cm³/mol. The number of aromatic nitrogens is 2. The van der Waals surface area contributed by atoms with Crippen molar-refractivity contribution in [3.63, 3.8) is 0 Å². The van der Waals surface area contributed by atoms with Crippen molar-refractivity contribution in [2.75, 3.05) is 13.7 Å². The molecule has 0 saturated heterocycles. The van der Waals surface area contributed by atoms with Crippen LogP contribution in [-0.2, 0) is 0 Å². The summed E-state index contributed by atoms with van der Waals surface area (Å²) >= 11 is 0. The summed E-state index contributed by atoms with van der Waals surface area (Å²) in [6.07, 6.45) is 0. The van der Waals surface area contributed by atoms with E-state index in [1.807, 2.05) is 55.5 Å². The van der Waals surface area contributed by atoms with Gasteiger partial charge in [0.15, 0.2) is 0 Å². The third-order valence-electron chi connectivity index (χ3n) is 4.46. The van der Waals surface area contributed by atoms with Crippen molar-refractivity contribution in [1.29, 1.82) is 0 Å². The highest BCUT2D eigenvalue weighted by molar-refractivity contribution is 6.00. The minimum atomic E-state index is -0.256. The topological polar surface area (TPSA) is 76.2 Å². The number of nitrogens with zero attached hydrogens (tertiary/aromatic N) is 1. The van der Waals surface area contributed by atoms with E-state index < -0.39 is 0 Å². The summed E-state index contributed by atoms with van der Waals surface area (Å²) in [5, 5.41) is 10.3. The number of methoxy groups -OCH3 is 1. The van der Waals surface area contributed by atoms with Crippen LogP contribution in [0.25, 0.3) is 11.3 Å². The van der Waals surface area contributed by atoms with Gasteiger partial charge < -0.3 is 14.8 Å². The second-order valence-corrected chi connectivity index (χ2v) is 6.00. The normalized spacial score (nSPS) is 15.5. The van der Waals surface area contributed by atoms with E-state index in [2.05, 4.69) is 15.5 Å². The zero-order valence-electron chi connectivity index (χ0n) is 14.6. The standard InChI is InChI=1S/C20H19N3O3/c1-3-26-14-9-7-12(8-10-14)17-16-18(22-23-19(16)20(24)21-17)13-5-4-6-15(11-13)25-2/h4-11,17H,3H2,1-2H3,(H,21,24)(H,22,23)/t17-/m0/s1. The second-order valence-electron chi connectivity index (χ2n) is 6.00. The summed E-state index contributed by atoms with van der Waals surface area (Å²) < 4.78 is 10.8. The van der Waals surface area contributed by atoms with E-state index in [1.54, 1.807) is 7.11 Å². The number of benzene rings is 2. The first-order valence-electron chi connectivity index (χ1n) is 8.47. The molecule has 0 radical (unpaired) electrons. The number of amides is 1. The van der Waals surface area contributed by atoms with Gasteiger partial charge in [-0.2, -0.15) is 5.10 Å². The molecule has 132 valence electrons. The number of hydrogen-bond donors (Lipinski definition) is 2. The SMILES string of the molecule is CCOc1ccc([C@@H]2NC(=O)c3[nH]nc(-c4cccc(OC)c4)c32)cc1. The van der Waals surface area contributed by atoms with Crippen LogP contribution < -0.4 is 14.8 Å². The summed E-state index contributed by atoms with van der Waals surface area (Å²) in [7, 11) is 1.63. The Morgan fingerprint density at radius 2 is 1.92 bits per heavy atom. The Hall–Kier alpha value is -3.28. The molecule has 6 heteroatoms. The molecular weight excluding hydrogens is 330 g/mol. The van der Waals surface area contributed by atoms with Gasteiger partial charge in [-0.25, -0.2) is 0 Å². The highest BCUT2D eigenvalue weighted by Crippen LogP contribution is 2.38. The Morgan fingerprint density at radius 3 is 2.65 bits per heavy atom. The molecule has 2 heterocycles. The van der Waals surface area contributed by atoms with Crippen molar-refractivity contribution in [2.45, 2.75) is 13.0 Å². The Labute approximate surface area is 151 Å². The van der Waals surface area contributed by atoms with E-state index in [-0.39, 0.29) is 11.9 Å². The molecule has 0 saturated carbocycles. The molecule has 0 bridgehead atoms. The smallest absolute Gasteiger partial charge is 0.270 e. The minimum Gasteiger partial charge on any atom is -0.497 e. The number of rotatable bonds is 5. The molecule has 1 aromatic heterocycles. The van der Waals surface area contributed by atoms with Gasteiger partial charge in [0, 0.05) is 11.1 Å². The van der Waals surface area contributed by atoms with E-state index in [4.69, 9.17) is 9.47 Å². The highest BCUT2D eigenvalue weighted by Gasteiger charge is 2.35. The number of hydrogen-bond acceptors (Lipinski definition) is 4. The predicted octanol–water partition coefficient (Wildman–Crippen LogP) is 3.32. The first-order chi connectivity index (χ1) is 12.7. The maximum atomic E-state index is 12.4. The van der Waals surface area contributed by atoms with Gasteiger partial charge in [-0.05, 0) is 36.8 Å². The summed E-state index contributed by atoms with van der Waals surface area (Å²) in [6.45, 7) is 2.56. The molecule has 1 atom stereocenters. The van der Waals surface area contributed by atoms with E-state index in [0.717, 1.165) is 33.9 Å². The fourth-order valence-electron chi connectivity index (χ4n) is 3.24. The average molecular weight is 349 g/mol. The minimum absolute atomic E-state index is 0.152. The summed E-state index contributed by atoms with van der Waals surface area (Å²) in [5.74, 6) is 1.40. The maximum Gasteiger partial charge on any atom is 0.270 e. The molecule has 0 fully saturated rings. The van der Waals surface area contributed by atoms with Crippen LogP contribution in [0.1, 0.15) is 34.6 Å². The Bertz CT molecular complexity index is 947. The van der Waals surface area contributed by atoms with Gasteiger partial charge in [0.2, 0.25) is 0 Å². The lowest BCUT2D eigenvalue weighted by molar-refractivity contribution is 0.0955. The van der Waals surface area contributed by atoms with Crippen molar-refractivity contribution < 1.29 is 14.3 Å². The van der Waals surface area contributed by atoms with Gasteiger partial charge in [0.05, 0.1) is 25.5 Å². The van der Waals surface area contributed by atoms with Crippen molar-refractivity contribution in [1.82, 2.24) is 15.5 Å². The lowest BCUT2D eigenvalue weighted by Gasteiger charge is -2.14. The van der Waals surface area contributed by atoms with E-state index in [0.29, 0.717) is 12.3 Å². The van der Waals surface area contributed by atoms with Crippen LogP contribution in [0.3, 0.4) is 0 Å². The number of aromatic amines is 1. The van der Waals surface area contributed by atoms with Gasteiger partial charge in [0.1, 0.15) is 17.2 Å². The van der Waals surface area contributed by atoms with Crippen molar-refractivity contribution in [3.8, 4) is 22.8 Å². The second kappa shape index (κ2) is 6.55. The molecule has 2 aromatic carbocycles. The Balaban J connectivity index is 1.76. The van der Waals surface area contributed by atoms with Crippen LogP contribution in [0, 0.1) is 0 Å². The van der Waals surface area contributed by atoms with Crippen LogP contribution in [0.2, 0.25) is 0 Å². The van der Waals surface area contributed by atoms with Crippen molar-refractivity contribution in [2.24, 2.45) is 0 Å². The van der Waals surface area contributed by atoms with E-state index >= 15 is 0 Å². The first kappa shape index (κ1) is 16.2. The molecule has 2 N–H and O–H groups in total. The molecule has 1 aliphatic heterocycles. The lowest BCUT2D eigenvalue weighted by atomic mass is 9.96.